The van der Waals surface area contributed by atoms with Crippen molar-refractivity contribution in [1.82, 2.24) is 4.98 Å². The van der Waals surface area contributed by atoms with Crippen molar-refractivity contribution in [3.8, 4) is 10.6 Å². The maximum Gasteiger partial charge on any atom is 0.258 e. The minimum absolute atomic E-state index is 0.0915. The Bertz CT molecular complexity index is 1540. The highest BCUT2D eigenvalue weighted by molar-refractivity contribution is 8.00. The first-order chi connectivity index (χ1) is 16.1. The highest BCUT2D eigenvalue weighted by Gasteiger charge is 2.29. The summed E-state index contributed by atoms with van der Waals surface area (Å²) in [5.74, 6) is 0.0915. The SMILES string of the molecule is CCN1C(=O)c2cccc3c(SNc4ccc(-c5nc6ccc(C)cc6s5)cc4)ccc1c23. The molecule has 0 unspecified atom stereocenters. The van der Waals surface area contributed by atoms with E-state index in [2.05, 4.69) is 72.3 Å². The minimum Gasteiger partial charge on any atom is -0.326 e. The molecule has 2 heterocycles. The van der Waals surface area contributed by atoms with Gasteiger partial charge in [-0.25, -0.2) is 4.98 Å². The summed E-state index contributed by atoms with van der Waals surface area (Å²) >= 11 is 3.30. The van der Waals surface area contributed by atoms with Gasteiger partial charge in [-0.1, -0.05) is 18.2 Å². The van der Waals surface area contributed by atoms with Crippen molar-refractivity contribution < 1.29 is 4.79 Å². The van der Waals surface area contributed by atoms with Gasteiger partial charge in [0.05, 0.1) is 15.9 Å². The summed E-state index contributed by atoms with van der Waals surface area (Å²) in [4.78, 5) is 20.5. The van der Waals surface area contributed by atoms with E-state index in [1.165, 1.54) is 10.3 Å². The number of hydrogen-bond acceptors (Lipinski definition) is 5. The Morgan fingerprint density at radius 2 is 1.88 bits per heavy atom. The average molecular weight is 468 g/mol. The van der Waals surface area contributed by atoms with E-state index in [0.717, 1.165) is 48.7 Å². The lowest BCUT2D eigenvalue weighted by molar-refractivity contribution is 0.0994. The Labute approximate surface area is 200 Å². The number of aromatic nitrogens is 1. The van der Waals surface area contributed by atoms with Gasteiger partial charge >= 0.3 is 0 Å². The average Bonchev–Trinajstić information content (AvgIpc) is 3.38. The fraction of sp³-hybridized carbons (Fsp3) is 0.111. The monoisotopic (exact) mass is 467 g/mol. The Morgan fingerprint density at radius 3 is 2.70 bits per heavy atom. The van der Waals surface area contributed by atoms with Gasteiger partial charge in [0.1, 0.15) is 5.01 Å². The molecule has 4 aromatic carbocycles. The van der Waals surface area contributed by atoms with Crippen molar-refractivity contribution in [3.63, 3.8) is 0 Å². The van der Waals surface area contributed by atoms with Gasteiger partial charge in [-0.15, -0.1) is 11.3 Å². The largest absolute Gasteiger partial charge is 0.326 e. The second-order valence-corrected chi connectivity index (χ2v) is 10.0. The first-order valence-electron chi connectivity index (χ1n) is 10.9. The van der Waals surface area contributed by atoms with E-state index in [1.54, 1.807) is 23.3 Å². The standard InChI is InChI=1S/C27H21N3OS2/c1-3-30-22-13-14-23(19-5-4-6-20(25(19)22)27(30)31)33-29-18-10-8-17(9-11-18)26-28-21-12-7-16(2)15-24(21)32-26/h4-15,29H,3H2,1-2H3. The number of carbonyl (C=O) groups excluding carboxylic acids is 1. The molecular formula is C27H21N3OS2. The van der Waals surface area contributed by atoms with E-state index >= 15 is 0 Å². The van der Waals surface area contributed by atoms with Gasteiger partial charge in [0.2, 0.25) is 0 Å². The smallest absolute Gasteiger partial charge is 0.258 e. The number of aryl methyl sites for hydroxylation is 1. The number of benzene rings is 4. The molecule has 0 aliphatic carbocycles. The van der Waals surface area contributed by atoms with Gasteiger partial charge in [-0.2, -0.15) is 0 Å². The molecule has 0 saturated carbocycles. The van der Waals surface area contributed by atoms with Gasteiger partial charge in [-0.05, 0) is 91.3 Å². The number of carbonyl (C=O) groups is 1. The quantitative estimate of drug-likeness (QED) is 0.271. The summed E-state index contributed by atoms with van der Waals surface area (Å²) in [6.45, 7) is 4.80. The zero-order chi connectivity index (χ0) is 22.5. The van der Waals surface area contributed by atoms with Gasteiger partial charge in [-0.3, -0.25) is 4.79 Å². The lowest BCUT2D eigenvalue weighted by Crippen LogP contribution is -2.25. The molecule has 0 spiro atoms. The normalized spacial score (nSPS) is 12.8. The zero-order valence-corrected chi connectivity index (χ0v) is 19.9. The first-order valence-corrected chi connectivity index (χ1v) is 12.5. The predicted molar refractivity (Wildman–Crippen MR) is 141 cm³/mol. The van der Waals surface area contributed by atoms with Crippen LogP contribution in [0.5, 0.6) is 0 Å². The molecule has 33 heavy (non-hydrogen) atoms. The molecule has 0 saturated heterocycles. The van der Waals surface area contributed by atoms with E-state index in [4.69, 9.17) is 4.98 Å². The number of nitrogens with zero attached hydrogens (tertiary/aromatic N) is 2. The van der Waals surface area contributed by atoms with E-state index in [0.29, 0.717) is 6.54 Å². The van der Waals surface area contributed by atoms with Gasteiger partial charge in [0, 0.05) is 33.6 Å². The third kappa shape index (κ3) is 3.37. The predicted octanol–water partition coefficient (Wildman–Crippen LogP) is 7.52. The van der Waals surface area contributed by atoms with E-state index < -0.39 is 0 Å². The Morgan fingerprint density at radius 1 is 1.03 bits per heavy atom. The number of fused-ring (bicyclic) bond motifs is 1. The molecule has 0 atom stereocenters. The van der Waals surface area contributed by atoms with Crippen LogP contribution < -0.4 is 9.62 Å². The Balaban J connectivity index is 1.25. The van der Waals surface area contributed by atoms with Gasteiger partial charge in [0.25, 0.3) is 5.91 Å². The second-order valence-electron chi connectivity index (χ2n) is 8.13. The number of hydrogen-bond donors (Lipinski definition) is 1. The van der Waals surface area contributed by atoms with Crippen LogP contribution in [0.2, 0.25) is 0 Å². The minimum atomic E-state index is 0.0915. The molecule has 0 radical (unpaired) electrons. The maximum absolute atomic E-state index is 12.7. The molecule has 4 nitrogen and oxygen atoms in total. The molecule has 6 heteroatoms. The summed E-state index contributed by atoms with van der Waals surface area (Å²) in [6, 6.07) is 24.9. The van der Waals surface area contributed by atoms with Crippen molar-refractivity contribution in [2.75, 3.05) is 16.2 Å². The Hall–Kier alpha value is -3.35. The molecule has 1 aromatic heterocycles. The molecule has 6 rings (SSSR count). The van der Waals surface area contributed by atoms with E-state index in [9.17, 15) is 4.79 Å². The summed E-state index contributed by atoms with van der Waals surface area (Å²) in [5, 5.41) is 3.19. The van der Waals surface area contributed by atoms with Crippen LogP contribution in [0, 0.1) is 6.92 Å². The van der Waals surface area contributed by atoms with Gasteiger partial charge < -0.3 is 9.62 Å². The summed E-state index contributed by atoms with van der Waals surface area (Å²) in [6.07, 6.45) is 0. The fourth-order valence-corrected chi connectivity index (χ4v) is 6.22. The molecular weight excluding hydrogens is 446 g/mol. The lowest BCUT2D eigenvalue weighted by Gasteiger charge is -2.15. The van der Waals surface area contributed by atoms with Crippen LogP contribution in [0.3, 0.4) is 0 Å². The summed E-state index contributed by atoms with van der Waals surface area (Å²) in [7, 11) is 0. The van der Waals surface area contributed by atoms with Crippen LogP contribution in [-0.4, -0.2) is 17.4 Å². The van der Waals surface area contributed by atoms with E-state index in [-0.39, 0.29) is 5.91 Å². The number of amides is 1. The third-order valence-electron chi connectivity index (χ3n) is 6.02. The van der Waals surface area contributed by atoms with Crippen molar-refractivity contribution in [3.05, 3.63) is 83.9 Å². The van der Waals surface area contributed by atoms with Crippen LogP contribution in [0.4, 0.5) is 11.4 Å². The molecule has 1 amide bonds. The topological polar surface area (TPSA) is 45.2 Å². The maximum atomic E-state index is 12.7. The van der Waals surface area contributed by atoms with Crippen molar-refractivity contribution in [2.24, 2.45) is 0 Å². The van der Waals surface area contributed by atoms with Crippen molar-refractivity contribution in [1.29, 1.82) is 0 Å². The number of rotatable bonds is 5. The van der Waals surface area contributed by atoms with Gasteiger partial charge in [0.15, 0.2) is 0 Å². The molecule has 1 N–H and O–H groups in total. The van der Waals surface area contributed by atoms with Crippen molar-refractivity contribution >= 4 is 61.6 Å². The zero-order valence-electron chi connectivity index (χ0n) is 18.3. The second kappa shape index (κ2) is 7.90. The molecule has 162 valence electrons. The van der Waals surface area contributed by atoms with Crippen molar-refractivity contribution in [2.45, 2.75) is 18.7 Å². The van der Waals surface area contributed by atoms with Crippen LogP contribution in [0.1, 0.15) is 22.8 Å². The summed E-state index contributed by atoms with van der Waals surface area (Å²) < 4.78 is 4.68. The first kappa shape index (κ1) is 20.3. The van der Waals surface area contributed by atoms with E-state index in [1.807, 2.05) is 24.0 Å². The van der Waals surface area contributed by atoms with Crippen LogP contribution in [0.15, 0.2) is 77.7 Å². The highest BCUT2D eigenvalue weighted by Crippen LogP contribution is 2.41. The molecule has 0 bridgehead atoms. The molecule has 1 aliphatic rings. The fourth-order valence-electron chi connectivity index (χ4n) is 4.37. The number of anilines is 2. The third-order valence-corrected chi connectivity index (χ3v) is 8.00. The number of thiazole rings is 1. The molecule has 0 fully saturated rings. The van der Waals surface area contributed by atoms with Crippen LogP contribution in [-0.2, 0) is 0 Å². The molecule has 1 aliphatic heterocycles. The van der Waals surface area contributed by atoms with Crippen LogP contribution >= 0.6 is 23.3 Å². The highest BCUT2D eigenvalue weighted by atomic mass is 32.2. The van der Waals surface area contributed by atoms with Crippen LogP contribution in [0.25, 0.3) is 31.6 Å². The Kier molecular flexibility index (Phi) is 4.85. The number of nitrogens with one attached hydrogen (secondary N) is 1. The molecule has 5 aromatic rings. The lowest BCUT2D eigenvalue weighted by atomic mass is 10.1. The summed E-state index contributed by atoms with van der Waals surface area (Å²) in [5.41, 5.74) is 6.24.